The SMILES string of the molecule is COC1CN(CCc2sc3ccccc3c2CCc2ncccc2F)C1. The molecule has 26 heavy (non-hydrogen) atoms. The largest absolute Gasteiger partial charge is 0.379 e. The fraction of sp³-hybridized carbons (Fsp3) is 0.381. The number of hydrogen-bond donors (Lipinski definition) is 0. The van der Waals surface area contributed by atoms with Crippen molar-refractivity contribution in [2.75, 3.05) is 26.7 Å². The molecule has 0 saturated carbocycles. The van der Waals surface area contributed by atoms with Crippen LogP contribution >= 0.6 is 11.3 Å². The number of benzene rings is 1. The zero-order valence-electron chi connectivity index (χ0n) is 15.0. The molecule has 4 rings (SSSR count). The summed E-state index contributed by atoms with van der Waals surface area (Å²) >= 11 is 1.87. The minimum Gasteiger partial charge on any atom is -0.379 e. The van der Waals surface area contributed by atoms with Gasteiger partial charge in [0.1, 0.15) is 5.82 Å². The summed E-state index contributed by atoms with van der Waals surface area (Å²) in [7, 11) is 1.78. The molecule has 0 bridgehead atoms. The molecular weight excluding hydrogens is 347 g/mol. The van der Waals surface area contributed by atoms with Crippen molar-refractivity contribution < 1.29 is 9.13 Å². The lowest BCUT2D eigenvalue weighted by molar-refractivity contribution is -0.0284. The van der Waals surface area contributed by atoms with Gasteiger partial charge in [0.2, 0.25) is 0 Å². The number of likely N-dealkylation sites (tertiary alicyclic amines) is 1. The maximum atomic E-state index is 13.9. The van der Waals surface area contributed by atoms with Gasteiger partial charge in [-0.3, -0.25) is 9.88 Å². The second-order valence-corrected chi connectivity index (χ2v) is 7.94. The van der Waals surface area contributed by atoms with E-state index in [0.717, 1.165) is 32.5 Å². The fourth-order valence-electron chi connectivity index (χ4n) is 3.59. The standard InChI is InChI=1S/C21H23FN2OS/c1-25-15-13-24(14-15)12-10-21-17(16-5-2-3-7-20(16)26-21)8-9-19-18(22)6-4-11-23-19/h2-7,11,15H,8-10,12-14H2,1H3. The van der Waals surface area contributed by atoms with E-state index in [1.54, 1.807) is 19.4 Å². The molecule has 1 saturated heterocycles. The molecule has 5 heteroatoms. The highest BCUT2D eigenvalue weighted by Crippen LogP contribution is 2.33. The Hall–Kier alpha value is -1.82. The molecule has 0 unspecified atom stereocenters. The summed E-state index contributed by atoms with van der Waals surface area (Å²) in [5.74, 6) is -0.209. The first-order chi connectivity index (χ1) is 12.7. The van der Waals surface area contributed by atoms with Gasteiger partial charge in [0.15, 0.2) is 0 Å². The van der Waals surface area contributed by atoms with Gasteiger partial charge in [0.25, 0.3) is 0 Å². The quantitative estimate of drug-likeness (QED) is 0.626. The van der Waals surface area contributed by atoms with Gasteiger partial charge < -0.3 is 4.74 Å². The number of nitrogens with zero attached hydrogens (tertiary/aromatic N) is 2. The van der Waals surface area contributed by atoms with E-state index < -0.39 is 0 Å². The van der Waals surface area contributed by atoms with Crippen LogP contribution in [0.5, 0.6) is 0 Å². The van der Waals surface area contributed by atoms with Crippen molar-refractivity contribution in [3.05, 3.63) is 64.5 Å². The summed E-state index contributed by atoms with van der Waals surface area (Å²) in [6.45, 7) is 3.10. The second kappa shape index (κ2) is 7.82. The fourth-order valence-corrected chi connectivity index (χ4v) is 4.83. The van der Waals surface area contributed by atoms with E-state index in [1.807, 2.05) is 11.3 Å². The topological polar surface area (TPSA) is 25.4 Å². The lowest BCUT2D eigenvalue weighted by Gasteiger charge is -2.38. The lowest BCUT2D eigenvalue weighted by Crippen LogP contribution is -2.52. The number of fused-ring (bicyclic) bond motifs is 1. The van der Waals surface area contributed by atoms with Crippen molar-refractivity contribution in [2.45, 2.75) is 25.4 Å². The Morgan fingerprint density at radius 1 is 1.15 bits per heavy atom. The normalized spacial score (nSPS) is 15.5. The van der Waals surface area contributed by atoms with Crippen LogP contribution in [0.1, 0.15) is 16.1 Å². The molecule has 1 aromatic carbocycles. The van der Waals surface area contributed by atoms with Gasteiger partial charge in [-0.2, -0.15) is 0 Å². The number of aryl methyl sites for hydroxylation is 2. The second-order valence-electron chi connectivity index (χ2n) is 6.80. The summed E-state index contributed by atoms with van der Waals surface area (Å²) < 4.78 is 20.6. The Labute approximate surface area is 157 Å². The lowest BCUT2D eigenvalue weighted by atomic mass is 10.0. The van der Waals surface area contributed by atoms with Crippen molar-refractivity contribution in [3.63, 3.8) is 0 Å². The molecule has 3 aromatic rings. The van der Waals surface area contributed by atoms with E-state index in [9.17, 15) is 4.39 Å². The molecule has 0 spiro atoms. The van der Waals surface area contributed by atoms with Gasteiger partial charge in [0.05, 0.1) is 11.8 Å². The molecule has 2 aromatic heterocycles. The highest BCUT2D eigenvalue weighted by atomic mass is 32.1. The zero-order chi connectivity index (χ0) is 17.9. The van der Waals surface area contributed by atoms with E-state index in [0.29, 0.717) is 18.2 Å². The molecule has 0 N–H and O–H groups in total. The van der Waals surface area contributed by atoms with Crippen molar-refractivity contribution in [3.8, 4) is 0 Å². The molecule has 3 heterocycles. The van der Waals surface area contributed by atoms with Crippen LogP contribution in [0.15, 0.2) is 42.6 Å². The number of hydrogen-bond acceptors (Lipinski definition) is 4. The summed E-state index contributed by atoms with van der Waals surface area (Å²) in [6, 6.07) is 11.7. The van der Waals surface area contributed by atoms with Gasteiger partial charge in [0, 0.05) is 42.5 Å². The predicted octanol–water partition coefficient (Wildman–Crippen LogP) is 4.09. The van der Waals surface area contributed by atoms with E-state index in [-0.39, 0.29) is 5.82 Å². The van der Waals surface area contributed by atoms with Crippen LogP contribution in [0.25, 0.3) is 10.1 Å². The summed E-state index contributed by atoms with van der Waals surface area (Å²) in [6.07, 6.45) is 4.56. The van der Waals surface area contributed by atoms with Gasteiger partial charge in [-0.05, 0) is 48.4 Å². The Kier molecular flexibility index (Phi) is 5.29. The molecule has 0 aliphatic carbocycles. The Bertz CT molecular complexity index is 889. The van der Waals surface area contributed by atoms with Crippen molar-refractivity contribution in [1.82, 2.24) is 9.88 Å². The smallest absolute Gasteiger partial charge is 0.144 e. The average molecular weight is 370 g/mol. The van der Waals surface area contributed by atoms with E-state index >= 15 is 0 Å². The third-order valence-corrected chi connectivity index (χ3v) is 6.41. The first-order valence-corrected chi connectivity index (χ1v) is 9.90. The third kappa shape index (κ3) is 3.65. The Morgan fingerprint density at radius 3 is 2.81 bits per heavy atom. The molecule has 0 radical (unpaired) electrons. The van der Waals surface area contributed by atoms with E-state index in [1.165, 1.54) is 26.6 Å². The van der Waals surface area contributed by atoms with Crippen LogP contribution in [0.3, 0.4) is 0 Å². The summed E-state index contributed by atoms with van der Waals surface area (Å²) in [5, 5.41) is 1.31. The number of ether oxygens (including phenoxy) is 1. The van der Waals surface area contributed by atoms with Crippen molar-refractivity contribution in [2.24, 2.45) is 0 Å². The number of halogens is 1. The van der Waals surface area contributed by atoms with Gasteiger partial charge in [-0.15, -0.1) is 11.3 Å². The van der Waals surface area contributed by atoms with Crippen molar-refractivity contribution in [1.29, 1.82) is 0 Å². The number of pyridine rings is 1. The maximum absolute atomic E-state index is 13.9. The van der Waals surface area contributed by atoms with Crippen LogP contribution in [-0.2, 0) is 24.0 Å². The third-order valence-electron chi connectivity index (χ3n) is 5.14. The van der Waals surface area contributed by atoms with Crippen LogP contribution in [-0.4, -0.2) is 42.7 Å². The number of aromatic nitrogens is 1. The van der Waals surface area contributed by atoms with E-state index in [4.69, 9.17) is 4.74 Å². The zero-order valence-corrected chi connectivity index (χ0v) is 15.8. The molecular formula is C21H23FN2OS. The number of methoxy groups -OCH3 is 1. The molecule has 136 valence electrons. The molecule has 0 atom stereocenters. The summed E-state index contributed by atoms with van der Waals surface area (Å²) in [5.41, 5.74) is 1.92. The predicted molar refractivity (Wildman–Crippen MR) is 104 cm³/mol. The minimum absolute atomic E-state index is 0.209. The van der Waals surface area contributed by atoms with E-state index in [2.05, 4.69) is 34.1 Å². The monoisotopic (exact) mass is 370 g/mol. The number of rotatable bonds is 7. The van der Waals surface area contributed by atoms with Gasteiger partial charge in [-0.25, -0.2) is 4.39 Å². The first kappa shape index (κ1) is 17.6. The summed E-state index contributed by atoms with van der Waals surface area (Å²) in [4.78, 5) is 8.06. The molecule has 1 fully saturated rings. The molecule has 1 aliphatic heterocycles. The first-order valence-electron chi connectivity index (χ1n) is 9.08. The Morgan fingerprint density at radius 2 is 2.00 bits per heavy atom. The maximum Gasteiger partial charge on any atom is 0.144 e. The van der Waals surface area contributed by atoms with Crippen molar-refractivity contribution >= 4 is 21.4 Å². The minimum atomic E-state index is -0.209. The Balaban J connectivity index is 1.51. The molecule has 0 amide bonds. The van der Waals surface area contributed by atoms with Crippen LogP contribution < -0.4 is 0 Å². The van der Waals surface area contributed by atoms with Gasteiger partial charge in [-0.1, -0.05) is 18.2 Å². The average Bonchev–Trinajstić information content (AvgIpc) is 2.97. The molecule has 1 aliphatic rings. The van der Waals surface area contributed by atoms with Crippen LogP contribution in [0, 0.1) is 5.82 Å². The van der Waals surface area contributed by atoms with Crippen LogP contribution in [0.4, 0.5) is 4.39 Å². The van der Waals surface area contributed by atoms with Crippen LogP contribution in [0.2, 0.25) is 0 Å². The highest BCUT2D eigenvalue weighted by Gasteiger charge is 2.26. The number of thiophene rings is 1. The van der Waals surface area contributed by atoms with Gasteiger partial charge >= 0.3 is 0 Å². The highest BCUT2D eigenvalue weighted by molar-refractivity contribution is 7.19. The molecule has 3 nitrogen and oxygen atoms in total.